The van der Waals surface area contributed by atoms with Crippen LogP contribution in [0.2, 0.25) is 5.02 Å². The van der Waals surface area contributed by atoms with Crippen molar-refractivity contribution in [1.82, 2.24) is 5.32 Å². The Morgan fingerprint density at radius 3 is 2.42 bits per heavy atom. The summed E-state index contributed by atoms with van der Waals surface area (Å²) >= 11 is 5.88. The standard InChI is InChI=1S/C28H28ClNO6/c1-15-18(9-10-25(31)30-22(26(32)33)11-16-5-7-17(29)8-6-16)27(34)36-24-13-23-20(12-19(15)24)21(14-35-23)28(2,3)4/h5-8,12-14,22H,9-11H2,1-4H3,(H,30,31)(H,32,33)/t22-/m1/s1. The van der Waals surface area contributed by atoms with Crippen molar-refractivity contribution in [2.24, 2.45) is 0 Å². The molecule has 0 aliphatic carbocycles. The molecule has 7 nitrogen and oxygen atoms in total. The predicted molar refractivity (Wildman–Crippen MR) is 139 cm³/mol. The van der Waals surface area contributed by atoms with Crippen LogP contribution in [-0.2, 0) is 27.8 Å². The van der Waals surface area contributed by atoms with E-state index in [-0.39, 0.29) is 24.7 Å². The summed E-state index contributed by atoms with van der Waals surface area (Å²) in [6, 6.07) is 9.36. The summed E-state index contributed by atoms with van der Waals surface area (Å²) in [6.45, 7) is 8.12. The van der Waals surface area contributed by atoms with Crippen molar-refractivity contribution in [2.45, 2.75) is 58.4 Å². The molecule has 0 aliphatic rings. The molecule has 0 radical (unpaired) electrons. The quantitative estimate of drug-likeness (QED) is 0.316. The van der Waals surface area contributed by atoms with Gasteiger partial charge in [0.2, 0.25) is 5.91 Å². The molecule has 0 bridgehead atoms. The third kappa shape index (κ3) is 5.31. The minimum Gasteiger partial charge on any atom is -0.480 e. The molecule has 2 heterocycles. The normalized spacial score (nSPS) is 12.7. The summed E-state index contributed by atoms with van der Waals surface area (Å²) in [5, 5.41) is 14.4. The topological polar surface area (TPSA) is 110 Å². The Morgan fingerprint density at radius 1 is 1.08 bits per heavy atom. The molecule has 2 N–H and O–H groups in total. The lowest BCUT2D eigenvalue weighted by atomic mass is 9.86. The van der Waals surface area contributed by atoms with Crippen LogP contribution in [0.1, 0.15) is 49.4 Å². The van der Waals surface area contributed by atoms with Gasteiger partial charge in [0.15, 0.2) is 0 Å². The molecule has 0 aliphatic heterocycles. The van der Waals surface area contributed by atoms with Gasteiger partial charge in [-0.05, 0) is 48.1 Å². The second kappa shape index (κ2) is 9.82. The Kier molecular flexibility index (Phi) is 6.96. The first-order chi connectivity index (χ1) is 16.9. The zero-order chi connectivity index (χ0) is 26.2. The summed E-state index contributed by atoms with van der Waals surface area (Å²) in [5.41, 5.74) is 3.31. The van der Waals surface area contributed by atoms with Gasteiger partial charge < -0.3 is 19.3 Å². The fourth-order valence-electron chi connectivity index (χ4n) is 4.34. The molecule has 4 aromatic rings. The third-order valence-corrected chi connectivity index (χ3v) is 6.63. The highest BCUT2D eigenvalue weighted by molar-refractivity contribution is 6.30. The van der Waals surface area contributed by atoms with E-state index in [2.05, 4.69) is 26.1 Å². The van der Waals surface area contributed by atoms with Gasteiger partial charge in [-0.25, -0.2) is 9.59 Å². The number of aliphatic carboxylic acids is 1. The number of aryl methyl sites for hydroxylation is 1. The van der Waals surface area contributed by atoms with Gasteiger partial charge in [0.1, 0.15) is 17.2 Å². The van der Waals surface area contributed by atoms with Crippen molar-refractivity contribution in [3.8, 4) is 0 Å². The number of nitrogens with one attached hydrogen (secondary N) is 1. The van der Waals surface area contributed by atoms with E-state index in [0.717, 1.165) is 27.5 Å². The number of rotatable bonds is 7. The lowest BCUT2D eigenvalue weighted by molar-refractivity contribution is -0.141. The molecule has 1 atom stereocenters. The Bertz CT molecular complexity index is 1510. The lowest BCUT2D eigenvalue weighted by Gasteiger charge is -2.17. The van der Waals surface area contributed by atoms with Gasteiger partial charge in [-0.15, -0.1) is 0 Å². The van der Waals surface area contributed by atoms with Gasteiger partial charge in [-0.3, -0.25) is 4.79 Å². The van der Waals surface area contributed by atoms with Crippen molar-refractivity contribution < 1.29 is 23.5 Å². The van der Waals surface area contributed by atoms with Gasteiger partial charge in [-0.2, -0.15) is 0 Å². The molecule has 0 fully saturated rings. The van der Waals surface area contributed by atoms with Crippen molar-refractivity contribution in [2.75, 3.05) is 0 Å². The number of furan rings is 1. The minimum absolute atomic E-state index is 0.0529. The van der Waals surface area contributed by atoms with Crippen molar-refractivity contribution in [1.29, 1.82) is 0 Å². The molecule has 2 aromatic heterocycles. The van der Waals surface area contributed by atoms with Gasteiger partial charge in [-0.1, -0.05) is 44.5 Å². The summed E-state index contributed by atoms with van der Waals surface area (Å²) in [6.07, 6.45) is 1.92. The van der Waals surface area contributed by atoms with Crippen LogP contribution in [0.3, 0.4) is 0 Å². The smallest absolute Gasteiger partial charge is 0.339 e. The average molecular weight is 510 g/mol. The Balaban J connectivity index is 1.55. The molecule has 1 amide bonds. The van der Waals surface area contributed by atoms with Crippen LogP contribution in [0.4, 0.5) is 0 Å². The largest absolute Gasteiger partial charge is 0.480 e. The number of hydrogen-bond acceptors (Lipinski definition) is 5. The van der Waals surface area contributed by atoms with E-state index in [1.165, 1.54) is 0 Å². The van der Waals surface area contributed by atoms with Crippen LogP contribution in [0.15, 0.2) is 56.3 Å². The third-order valence-electron chi connectivity index (χ3n) is 6.38. The number of hydrogen-bond donors (Lipinski definition) is 2. The first-order valence-corrected chi connectivity index (χ1v) is 12.1. The summed E-state index contributed by atoms with van der Waals surface area (Å²) in [4.78, 5) is 37.1. The van der Waals surface area contributed by atoms with Gasteiger partial charge in [0.05, 0.1) is 6.26 Å². The molecule has 36 heavy (non-hydrogen) atoms. The summed E-state index contributed by atoms with van der Waals surface area (Å²) < 4.78 is 11.3. The van der Waals surface area contributed by atoms with Crippen LogP contribution < -0.4 is 10.9 Å². The summed E-state index contributed by atoms with van der Waals surface area (Å²) in [7, 11) is 0. The fourth-order valence-corrected chi connectivity index (χ4v) is 4.47. The molecule has 0 unspecified atom stereocenters. The SMILES string of the molecule is Cc1c(CCC(=O)N[C@H](Cc2ccc(Cl)cc2)C(=O)O)c(=O)oc2cc3occ(C(C)(C)C)c3cc12. The number of fused-ring (bicyclic) bond motifs is 2. The second-order valence-corrected chi connectivity index (χ2v) is 10.5. The number of amides is 1. The molecule has 188 valence electrons. The minimum atomic E-state index is -1.14. The zero-order valence-electron chi connectivity index (χ0n) is 20.6. The Morgan fingerprint density at radius 2 is 1.78 bits per heavy atom. The molecule has 8 heteroatoms. The zero-order valence-corrected chi connectivity index (χ0v) is 21.4. The molecular weight excluding hydrogens is 482 g/mol. The van der Waals surface area contributed by atoms with Crippen LogP contribution in [-0.4, -0.2) is 23.0 Å². The summed E-state index contributed by atoms with van der Waals surface area (Å²) in [5.74, 6) is -1.60. The number of carboxylic acids is 1. The number of halogens is 1. The maximum Gasteiger partial charge on any atom is 0.339 e. The van der Waals surface area contributed by atoms with Crippen LogP contribution >= 0.6 is 11.6 Å². The molecule has 0 saturated heterocycles. The molecule has 4 rings (SSSR count). The average Bonchev–Trinajstić information content (AvgIpc) is 3.22. The molecule has 0 saturated carbocycles. The van der Waals surface area contributed by atoms with E-state index < -0.39 is 23.5 Å². The van der Waals surface area contributed by atoms with Crippen LogP contribution in [0.5, 0.6) is 0 Å². The highest BCUT2D eigenvalue weighted by Gasteiger charge is 2.23. The maximum atomic E-state index is 12.7. The molecule has 0 spiro atoms. The number of benzene rings is 2. The van der Waals surface area contributed by atoms with E-state index in [1.54, 1.807) is 36.6 Å². The number of carboxylic acid groups (broad SMARTS) is 1. The van der Waals surface area contributed by atoms with E-state index in [4.69, 9.17) is 20.4 Å². The van der Waals surface area contributed by atoms with E-state index in [0.29, 0.717) is 21.8 Å². The second-order valence-electron chi connectivity index (χ2n) is 10.0. The number of carbonyl (C=O) groups is 2. The Labute approximate surface area is 213 Å². The first-order valence-electron chi connectivity index (χ1n) is 11.7. The van der Waals surface area contributed by atoms with Crippen LogP contribution in [0, 0.1) is 6.92 Å². The van der Waals surface area contributed by atoms with E-state index in [1.807, 2.05) is 13.0 Å². The predicted octanol–water partition coefficient (Wildman–Crippen LogP) is 5.54. The fraction of sp³-hybridized carbons (Fsp3) is 0.321. The van der Waals surface area contributed by atoms with Gasteiger partial charge in [0, 0.05) is 45.8 Å². The highest BCUT2D eigenvalue weighted by atomic mass is 35.5. The van der Waals surface area contributed by atoms with Crippen molar-refractivity contribution >= 4 is 45.4 Å². The molecule has 2 aromatic carbocycles. The van der Waals surface area contributed by atoms with E-state index in [9.17, 15) is 19.5 Å². The Hall–Kier alpha value is -3.58. The first kappa shape index (κ1) is 25.5. The number of carbonyl (C=O) groups excluding carboxylic acids is 1. The lowest BCUT2D eigenvalue weighted by Crippen LogP contribution is -2.42. The van der Waals surface area contributed by atoms with Crippen LogP contribution in [0.25, 0.3) is 21.9 Å². The highest BCUT2D eigenvalue weighted by Crippen LogP contribution is 2.35. The van der Waals surface area contributed by atoms with Crippen molar-refractivity contribution in [3.63, 3.8) is 0 Å². The monoisotopic (exact) mass is 509 g/mol. The van der Waals surface area contributed by atoms with Crippen molar-refractivity contribution in [3.05, 3.63) is 80.4 Å². The van der Waals surface area contributed by atoms with Gasteiger partial charge >= 0.3 is 11.6 Å². The maximum absolute atomic E-state index is 12.7. The van der Waals surface area contributed by atoms with Gasteiger partial charge in [0.25, 0.3) is 0 Å². The van der Waals surface area contributed by atoms with E-state index >= 15 is 0 Å². The molecular formula is C28H28ClNO6.